The van der Waals surface area contributed by atoms with Gasteiger partial charge in [0.25, 0.3) is 0 Å². The fourth-order valence-corrected chi connectivity index (χ4v) is 2.10. The monoisotopic (exact) mass is 241 g/mol. The number of nitrogens with one attached hydrogen (secondary N) is 2. The van der Waals surface area contributed by atoms with Crippen LogP contribution in [0.2, 0.25) is 0 Å². The number of amides is 1. The standard InChI is InChI=1S/C11H19N3O3/c15-9(7-14-5-3-12-4-6-14)13-10(11(16)17)8-1-2-8/h8,10,12H,1-7H2,(H,13,15)(H,16,17). The number of carboxylic acids is 1. The molecule has 6 heteroatoms. The number of carbonyl (C=O) groups excluding carboxylic acids is 1. The third kappa shape index (κ3) is 3.67. The average molecular weight is 241 g/mol. The van der Waals surface area contributed by atoms with Crippen LogP contribution in [-0.2, 0) is 9.59 Å². The van der Waals surface area contributed by atoms with Crippen molar-refractivity contribution in [3.8, 4) is 0 Å². The minimum Gasteiger partial charge on any atom is -0.480 e. The van der Waals surface area contributed by atoms with Crippen LogP contribution in [0.3, 0.4) is 0 Å². The van der Waals surface area contributed by atoms with E-state index in [4.69, 9.17) is 5.11 Å². The van der Waals surface area contributed by atoms with Crippen LogP contribution in [0.15, 0.2) is 0 Å². The van der Waals surface area contributed by atoms with Gasteiger partial charge in [0.05, 0.1) is 6.54 Å². The van der Waals surface area contributed by atoms with Crippen LogP contribution < -0.4 is 10.6 Å². The minimum absolute atomic E-state index is 0.138. The van der Waals surface area contributed by atoms with E-state index in [1.807, 2.05) is 4.90 Å². The zero-order valence-electron chi connectivity index (χ0n) is 9.82. The van der Waals surface area contributed by atoms with Gasteiger partial charge in [-0.3, -0.25) is 9.69 Å². The first-order valence-corrected chi connectivity index (χ1v) is 6.12. The summed E-state index contributed by atoms with van der Waals surface area (Å²) in [4.78, 5) is 24.7. The molecule has 0 aromatic heterocycles. The van der Waals surface area contributed by atoms with Crippen LogP contribution in [0.1, 0.15) is 12.8 Å². The largest absolute Gasteiger partial charge is 0.480 e. The molecule has 1 heterocycles. The number of piperazine rings is 1. The number of rotatable bonds is 5. The Morgan fingerprint density at radius 1 is 1.35 bits per heavy atom. The van der Waals surface area contributed by atoms with Crippen molar-refractivity contribution < 1.29 is 14.7 Å². The lowest BCUT2D eigenvalue weighted by Gasteiger charge is -2.27. The molecule has 6 nitrogen and oxygen atoms in total. The van der Waals surface area contributed by atoms with E-state index in [9.17, 15) is 9.59 Å². The summed E-state index contributed by atoms with van der Waals surface area (Å²) < 4.78 is 0. The Kier molecular flexibility index (Phi) is 3.96. The van der Waals surface area contributed by atoms with Crippen LogP contribution in [0.25, 0.3) is 0 Å². The maximum absolute atomic E-state index is 11.7. The molecule has 1 saturated heterocycles. The maximum Gasteiger partial charge on any atom is 0.326 e. The van der Waals surface area contributed by atoms with Gasteiger partial charge < -0.3 is 15.7 Å². The topological polar surface area (TPSA) is 81.7 Å². The molecule has 1 unspecified atom stereocenters. The molecule has 1 amide bonds. The Labute approximate surface area is 100 Å². The van der Waals surface area contributed by atoms with Crippen molar-refractivity contribution in [3.05, 3.63) is 0 Å². The molecule has 0 aromatic rings. The van der Waals surface area contributed by atoms with Crippen LogP contribution in [0.5, 0.6) is 0 Å². The molecule has 96 valence electrons. The Morgan fingerprint density at radius 2 is 2.00 bits per heavy atom. The van der Waals surface area contributed by atoms with Gasteiger partial charge in [-0.15, -0.1) is 0 Å². The Balaban J connectivity index is 1.76. The first-order valence-electron chi connectivity index (χ1n) is 6.12. The van der Waals surface area contributed by atoms with E-state index in [2.05, 4.69) is 10.6 Å². The molecule has 2 rings (SSSR count). The van der Waals surface area contributed by atoms with E-state index in [0.717, 1.165) is 39.0 Å². The molecule has 17 heavy (non-hydrogen) atoms. The van der Waals surface area contributed by atoms with E-state index in [1.54, 1.807) is 0 Å². The highest BCUT2D eigenvalue weighted by molar-refractivity contribution is 5.85. The second-order valence-electron chi connectivity index (χ2n) is 4.75. The molecule has 1 aliphatic carbocycles. The van der Waals surface area contributed by atoms with Crippen molar-refractivity contribution in [2.75, 3.05) is 32.7 Å². The van der Waals surface area contributed by atoms with E-state index >= 15 is 0 Å². The third-order valence-electron chi connectivity index (χ3n) is 3.25. The number of nitrogens with zero attached hydrogens (tertiary/aromatic N) is 1. The molecule has 1 aliphatic heterocycles. The first kappa shape index (κ1) is 12.3. The molecule has 0 radical (unpaired) electrons. The van der Waals surface area contributed by atoms with E-state index < -0.39 is 12.0 Å². The summed E-state index contributed by atoms with van der Waals surface area (Å²) in [6.45, 7) is 3.76. The van der Waals surface area contributed by atoms with Crippen molar-refractivity contribution in [2.45, 2.75) is 18.9 Å². The molecule has 0 aromatic carbocycles. The minimum atomic E-state index is -0.916. The van der Waals surface area contributed by atoms with E-state index in [0.29, 0.717) is 6.54 Å². The van der Waals surface area contributed by atoms with Gasteiger partial charge in [0.15, 0.2) is 0 Å². The fourth-order valence-electron chi connectivity index (χ4n) is 2.10. The summed E-state index contributed by atoms with van der Waals surface area (Å²) in [5.74, 6) is -0.952. The van der Waals surface area contributed by atoms with E-state index in [-0.39, 0.29) is 11.8 Å². The lowest BCUT2D eigenvalue weighted by atomic mass is 10.2. The molecular formula is C11H19N3O3. The Bertz CT molecular complexity index is 298. The first-order chi connectivity index (χ1) is 8.16. The fraction of sp³-hybridized carbons (Fsp3) is 0.818. The summed E-state index contributed by atoms with van der Waals surface area (Å²) in [6, 6.07) is -0.689. The zero-order valence-corrected chi connectivity index (χ0v) is 9.82. The molecule has 0 bridgehead atoms. The smallest absolute Gasteiger partial charge is 0.326 e. The Hall–Kier alpha value is -1.14. The van der Waals surface area contributed by atoms with Crippen LogP contribution >= 0.6 is 0 Å². The number of carbonyl (C=O) groups is 2. The van der Waals surface area contributed by atoms with Crippen LogP contribution in [0.4, 0.5) is 0 Å². The van der Waals surface area contributed by atoms with Crippen LogP contribution in [-0.4, -0.2) is 60.6 Å². The lowest BCUT2D eigenvalue weighted by molar-refractivity contribution is -0.142. The lowest BCUT2D eigenvalue weighted by Crippen LogP contribution is -2.50. The second-order valence-corrected chi connectivity index (χ2v) is 4.75. The van der Waals surface area contributed by atoms with Crippen molar-refractivity contribution in [3.63, 3.8) is 0 Å². The molecule has 1 saturated carbocycles. The predicted molar refractivity (Wildman–Crippen MR) is 61.6 cm³/mol. The quantitative estimate of drug-likeness (QED) is 0.567. The number of aliphatic carboxylic acids is 1. The van der Waals surface area contributed by atoms with Gasteiger partial charge in [0, 0.05) is 26.2 Å². The molecule has 0 spiro atoms. The van der Waals surface area contributed by atoms with Crippen molar-refractivity contribution in [2.24, 2.45) is 5.92 Å². The molecule has 3 N–H and O–H groups in total. The zero-order chi connectivity index (χ0) is 12.3. The summed E-state index contributed by atoms with van der Waals surface area (Å²) in [6.07, 6.45) is 1.82. The van der Waals surface area contributed by atoms with Gasteiger partial charge in [-0.25, -0.2) is 4.79 Å². The SMILES string of the molecule is O=C(CN1CCNCC1)NC(C(=O)O)C1CC1. The summed E-state index contributed by atoms with van der Waals surface area (Å²) in [5, 5.41) is 14.8. The van der Waals surface area contributed by atoms with Crippen LogP contribution in [0, 0.1) is 5.92 Å². The molecular weight excluding hydrogens is 222 g/mol. The average Bonchev–Trinajstić information content (AvgIpc) is 3.11. The normalized spacial score (nSPS) is 23.1. The highest BCUT2D eigenvalue weighted by Crippen LogP contribution is 2.32. The third-order valence-corrected chi connectivity index (χ3v) is 3.25. The van der Waals surface area contributed by atoms with Gasteiger partial charge >= 0.3 is 5.97 Å². The second kappa shape index (κ2) is 5.46. The molecule has 2 fully saturated rings. The van der Waals surface area contributed by atoms with Gasteiger partial charge in [-0.1, -0.05) is 0 Å². The Morgan fingerprint density at radius 3 is 2.53 bits per heavy atom. The van der Waals surface area contributed by atoms with Crippen molar-refractivity contribution >= 4 is 11.9 Å². The summed E-state index contributed by atoms with van der Waals surface area (Å²) in [7, 11) is 0. The van der Waals surface area contributed by atoms with Gasteiger partial charge in [-0.2, -0.15) is 0 Å². The molecule has 1 atom stereocenters. The number of carboxylic acid groups (broad SMARTS) is 1. The molecule has 2 aliphatic rings. The van der Waals surface area contributed by atoms with Gasteiger partial charge in [-0.05, 0) is 18.8 Å². The number of hydrogen-bond acceptors (Lipinski definition) is 4. The summed E-state index contributed by atoms with van der Waals surface area (Å²) in [5.41, 5.74) is 0. The predicted octanol–water partition coefficient (Wildman–Crippen LogP) is -1.13. The maximum atomic E-state index is 11.7. The highest BCUT2D eigenvalue weighted by Gasteiger charge is 2.37. The summed E-state index contributed by atoms with van der Waals surface area (Å²) >= 11 is 0. The van der Waals surface area contributed by atoms with Gasteiger partial charge in [0.2, 0.25) is 5.91 Å². The van der Waals surface area contributed by atoms with Gasteiger partial charge in [0.1, 0.15) is 6.04 Å². The highest BCUT2D eigenvalue weighted by atomic mass is 16.4. The number of hydrogen-bond donors (Lipinski definition) is 3. The van der Waals surface area contributed by atoms with Crippen molar-refractivity contribution in [1.29, 1.82) is 0 Å². The van der Waals surface area contributed by atoms with Crippen molar-refractivity contribution in [1.82, 2.24) is 15.5 Å². The van der Waals surface area contributed by atoms with E-state index in [1.165, 1.54) is 0 Å².